The van der Waals surface area contributed by atoms with Crippen molar-refractivity contribution in [3.8, 4) is 6.07 Å². The third kappa shape index (κ3) is 6.93. The van der Waals surface area contributed by atoms with E-state index in [1.807, 2.05) is 0 Å². The summed E-state index contributed by atoms with van der Waals surface area (Å²) >= 11 is 2.17. The zero-order valence-corrected chi connectivity index (χ0v) is 39.1. The fraction of sp³-hybridized carbons (Fsp3) is 0.417. The molecule has 0 saturated heterocycles. The lowest BCUT2D eigenvalue weighted by molar-refractivity contribution is 0.233. The lowest BCUT2D eigenvalue weighted by Crippen LogP contribution is -2.55. The summed E-state index contributed by atoms with van der Waals surface area (Å²) in [5.41, 5.74) is 17.1. The summed E-state index contributed by atoms with van der Waals surface area (Å²) in [6.07, 6.45) is 55.8. The first kappa shape index (κ1) is 41.2. The molecular formula is C60H63N5S. The van der Waals surface area contributed by atoms with Gasteiger partial charge in [0, 0.05) is 56.7 Å². The smallest absolute Gasteiger partial charge is 0.0969 e. The first-order chi connectivity index (χ1) is 32.7. The molecule has 8 aliphatic carbocycles. The lowest BCUT2D eigenvalue weighted by atomic mass is 9.76. The molecule has 0 spiro atoms. The second-order valence-corrected chi connectivity index (χ2v) is 21.9. The number of fused-ring (bicyclic) bond motifs is 8. The quantitative estimate of drug-likeness (QED) is 0.283. The molecule has 0 fully saturated rings. The Morgan fingerprint density at radius 1 is 0.758 bits per heavy atom. The van der Waals surface area contributed by atoms with E-state index < -0.39 is 0 Å². The fourth-order valence-corrected chi connectivity index (χ4v) is 15.9. The fourth-order valence-electron chi connectivity index (χ4n) is 14.2. The number of nitrogens with zero attached hydrogens (tertiary/aromatic N) is 3. The monoisotopic (exact) mass is 885 g/mol. The number of nitrogens with one attached hydrogen (secondary N) is 2. The van der Waals surface area contributed by atoms with Gasteiger partial charge in [-0.05, 0) is 148 Å². The Labute approximate surface area is 396 Å². The molecular weight excluding hydrogens is 823 g/mol. The average molecular weight is 886 g/mol. The van der Waals surface area contributed by atoms with Gasteiger partial charge in [-0.15, -0.1) is 11.8 Å². The van der Waals surface area contributed by atoms with Gasteiger partial charge in [0.05, 0.1) is 35.6 Å². The van der Waals surface area contributed by atoms with Crippen LogP contribution in [0, 0.1) is 35.0 Å². The van der Waals surface area contributed by atoms with E-state index in [9.17, 15) is 5.26 Å². The van der Waals surface area contributed by atoms with Gasteiger partial charge in [0.1, 0.15) is 0 Å². The summed E-state index contributed by atoms with van der Waals surface area (Å²) in [4.78, 5) is 4.42. The summed E-state index contributed by atoms with van der Waals surface area (Å²) in [6.45, 7) is 0. The van der Waals surface area contributed by atoms with Crippen LogP contribution in [0.2, 0.25) is 0 Å². The Balaban J connectivity index is 0.939. The number of hydrogen-bond acceptors (Lipinski definition) is 5. The molecule has 1 aromatic heterocycles. The molecule has 6 heteroatoms. The largest absolute Gasteiger partial charge is 0.340 e. The zero-order valence-electron chi connectivity index (χ0n) is 38.3. The predicted molar refractivity (Wildman–Crippen MR) is 272 cm³/mol. The zero-order chi connectivity index (χ0) is 43.7. The van der Waals surface area contributed by atoms with Crippen molar-refractivity contribution in [2.75, 3.05) is 0 Å². The third-order valence-corrected chi connectivity index (χ3v) is 18.8. The Morgan fingerprint density at radius 2 is 1.65 bits per heavy atom. The SMILES string of the molecule is N#CC1=C(n2c3c(c4c2CCCC4)CCC=C3)C=C(N2C3=C(C4C=CC=CC42)C2SC4=C(CCC=C4)C2CC3)C(C2C=CC(C3=CCC(c4ccccc4)C=C3)NC(C3CC=CCC3)N2)C1. The molecule has 4 heterocycles. The van der Waals surface area contributed by atoms with Crippen LogP contribution in [0.15, 0.2) is 160 Å². The molecule has 66 heavy (non-hydrogen) atoms. The predicted octanol–water partition coefficient (Wildman–Crippen LogP) is 12.6. The molecule has 10 atom stereocenters. The molecule has 0 radical (unpaired) electrons. The lowest BCUT2D eigenvalue weighted by Gasteiger charge is -2.43. The second kappa shape index (κ2) is 17.2. The molecule has 0 amide bonds. The molecule has 13 rings (SSSR count). The van der Waals surface area contributed by atoms with E-state index in [1.54, 1.807) is 32.9 Å². The van der Waals surface area contributed by atoms with E-state index in [4.69, 9.17) is 0 Å². The minimum atomic E-state index is 0.0368. The van der Waals surface area contributed by atoms with Crippen molar-refractivity contribution in [2.45, 2.75) is 132 Å². The molecule has 11 aliphatic rings. The first-order valence-corrected chi connectivity index (χ1v) is 26.6. The van der Waals surface area contributed by atoms with Crippen LogP contribution < -0.4 is 10.6 Å². The third-order valence-electron chi connectivity index (χ3n) is 17.3. The van der Waals surface area contributed by atoms with E-state index in [2.05, 4.69) is 165 Å². The molecule has 10 unspecified atom stereocenters. The second-order valence-electron chi connectivity index (χ2n) is 20.8. The molecule has 2 N–H and O–H groups in total. The van der Waals surface area contributed by atoms with Crippen molar-refractivity contribution in [1.82, 2.24) is 20.1 Å². The number of hydrogen-bond donors (Lipinski definition) is 2. The molecule has 3 aliphatic heterocycles. The highest BCUT2D eigenvalue weighted by Crippen LogP contribution is 2.60. The topological polar surface area (TPSA) is 56.0 Å². The van der Waals surface area contributed by atoms with Crippen LogP contribution in [0.1, 0.15) is 111 Å². The van der Waals surface area contributed by atoms with Crippen LogP contribution in [0.5, 0.6) is 0 Å². The van der Waals surface area contributed by atoms with Crippen molar-refractivity contribution in [1.29, 1.82) is 5.26 Å². The Kier molecular flexibility index (Phi) is 10.7. The van der Waals surface area contributed by atoms with Gasteiger partial charge in [0.15, 0.2) is 0 Å². The average Bonchev–Trinajstić information content (AvgIpc) is 3.98. The van der Waals surface area contributed by atoms with E-state index >= 15 is 0 Å². The Morgan fingerprint density at radius 3 is 2.53 bits per heavy atom. The molecule has 5 nitrogen and oxygen atoms in total. The summed E-state index contributed by atoms with van der Waals surface area (Å²) < 4.78 is 2.59. The molecule has 0 saturated carbocycles. The van der Waals surface area contributed by atoms with Gasteiger partial charge in [-0.1, -0.05) is 121 Å². The van der Waals surface area contributed by atoms with E-state index in [0.29, 0.717) is 35.3 Å². The number of allylic oxidation sites excluding steroid dienone is 14. The van der Waals surface area contributed by atoms with Crippen molar-refractivity contribution in [2.24, 2.45) is 23.7 Å². The highest BCUT2D eigenvalue weighted by atomic mass is 32.2. The van der Waals surface area contributed by atoms with Gasteiger partial charge < -0.3 is 9.47 Å². The maximum absolute atomic E-state index is 11.4. The van der Waals surface area contributed by atoms with Gasteiger partial charge in [-0.3, -0.25) is 10.6 Å². The van der Waals surface area contributed by atoms with Crippen molar-refractivity contribution in [3.05, 3.63) is 188 Å². The van der Waals surface area contributed by atoms with Crippen LogP contribution in [0.3, 0.4) is 0 Å². The number of benzene rings is 1. The molecule has 0 bridgehead atoms. The van der Waals surface area contributed by atoms with Crippen LogP contribution >= 0.6 is 11.8 Å². The van der Waals surface area contributed by atoms with Gasteiger partial charge in [-0.2, -0.15) is 5.26 Å². The van der Waals surface area contributed by atoms with Gasteiger partial charge in [0.2, 0.25) is 0 Å². The van der Waals surface area contributed by atoms with E-state index in [-0.39, 0.29) is 30.2 Å². The van der Waals surface area contributed by atoms with Crippen LogP contribution in [0.25, 0.3) is 11.8 Å². The maximum Gasteiger partial charge on any atom is 0.0969 e. The van der Waals surface area contributed by atoms with Crippen LogP contribution in [-0.4, -0.2) is 39.0 Å². The summed E-state index contributed by atoms with van der Waals surface area (Å²) in [6, 6.07) is 14.2. The molecule has 334 valence electrons. The normalized spacial score (nSPS) is 34.0. The summed E-state index contributed by atoms with van der Waals surface area (Å²) in [5, 5.41) is 20.5. The highest BCUT2D eigenvalue weighted by molar-refractivity contribution is 8.04. The number of nitriles is 1. The van der Waals surface area contributed by atoms with Crippen molar-refractivity contribution < 1.29 is 0 Å². The number of thioether (sulfide) groups is 1. The van der Waals surface area contributed by atoms with E-state index in [1.165, 1.54) is 66.7 Å². The Hall–Kier alpha value is -5.06. The maximum atomic E-state index is 11.4. The number of aromatic nitrogens is 1. The van der Waals surface area contributed by atoms with Gasteiger partial charge >= 0.3 is 0 Å². The van der Waals surface area contributed by atoms with E-state index in [0.717, 1.165) is 62.6 Å². The first-order valence-electron chi connectivity index (χ1n) is 25.7. The minimum absolute atomic E-state index is 0.0368. The van der Waals surface area contributed by atoms with Gasteiger partial charge in [0.25, 0.3) is 0 Å². The minimum Gasteiger partial charge on any atom is -0.340 e. The number of rotatable bonds is 6. The summed E-state index contributed by atoms with van der Waals surface area (Å²) in [7, 11) is 0. The van der Waals surface area contributed by atoms with Gasteiger partial charge in [-0.25, -0.2) is 0 Å². The van der Waals surface area contributed by atoms with Crippen LogP contribution in [0.4, 0.5) is 0 Å². The molecule has 2 aromatic rings. The van der Waals surface area contributed by atoms with Crippen molar-refractivity contribution in [3.63, 3.8) is 0 Å². The van der Waals surface area contributed by atoms with Crippen LogP contribution in [-0.2, 0) is 19.3 Å². The summed E-state index contributed by atoms with van der Waals surface area (Å²) in [5.74, 6) is 1.96. The standard InChI is InChI=1S/C60H63N5S/c61-37-42-35-48(50-33-32-49(62-60(63-50)41-17-5-2-6-18-41)40-29-27-39(28-30-40)38-15-3-1-4-16-38)56(36-55(42)64-51-23-11-7-19-43(51)44-20-8-12-24-52(44)64)65-53-25-13-9-22-47(53)58-54(65)34-31-46-45-21-10-14-26-57(45)66-59(46)58/h1-5,9,11,13-16,22-23,25-27,29-30,32-33,36,39,41,46-50,53,59-60,62-63H,6-8,10,12,17-21,24,28,31,34-35H2. The Bertz CT molecular complexity index is 2750. The highest BCUT2D eigenvalue weighted by Gasteiger charge is 2.52. The van der Waals surface area contributed by atoms with Crippen molar-refractivity contribution >= 4 is 23.5 Å². The molecule has 1 aromatic carbocycles.